The number of guanidine groups is 1. The van der Waals surface area contributed by atoms with E-state index in [9.17, 15) is 0 Å². The van der Waals surface area contributed by atoms with Crippen molar-refractivity contribution in [2.45, 2.75) is 44.7 Å². The van der Waals surface area contributed by atoms with Gasteiger partial charge in [0, 0.05) is 42.2 Å². The molecule has 0 aromatic heterocycles. The van der Waals surface area contributed by atoms with E-state index in [0.717, 1.165) is 56.8 Å². The Labute approximate surface area is 162 Å². The van der Waals surface area contributed by atoms with E-state index in [1.54, 1.807) is 0 Å². The molecule has 2 atom stereocenters. The molecular weight excluding hydrogens is 348 g/mol. The molecule has 0 amide bonds. The number of benzene rings is 1. The monoisotopic (exact) mass is 378 g/mol. The van der Waals surface area contributed by atoms with Crippen molar-refractivity contribution in [2.75, 3.05) is 39.4 Å². The van der Waals surface area contributed by atoms with Gasteiger partial charge in [-0.05, 0) is 44.9 Å². The van der Waals surface area contributed by atoms with Crippen molar-refractivity contribution in [3.63, 3.8) is 0 Å². The summed E-state index contributed by atoms with van der Waals surface area (Å²) in [5.74, 6) is 1.42. The van der Waals surface area contributed by atoms with E-state index in [-0.39, 0.29) is 5.54 Å². The molecule has 0 bridgehead atoms. The predicted molar refractivity (Wildman–Crippen MR) is 108 cm³/mol. The number of hydrogen-bond acceptors (Lipinski definition) is 3. The van der Waals surface area contributed by atoms with Gasteiger partial charge >= 0.3 is 0 Å². The van der Waals surface area contributed by atoms with Gasteiger partial charge in [0.25, 0.3) is 0 Å². The summed E-state index contributed by atoms with van der Waals surface area (Å²) in [7, 11) is 0. The van der Waals surface area contributed by atoms with Gasteiger partial charge in [-0.2, -0.15) is 0 Å². The van der Waals surface area contributed by atoms with Gasteiger partial charge in [0.15, 0.2) is 5.96 Å². The Morgan fingerprint density at radius 1 is 1.35 bits per heavy atom. The van der Waals surface area contributed by atoms with Gasteiger partial charge in [-0.15, -0.1) is 0 Å². The van der Waals surface area contributed by atoms with E-state index in [2.05, 4.69) is 48.4 Å². The molecule has 0 radical (unpaired) electrons. The number of aliphatic imine (C=N–C) groups is 1. The second kappa shape index (κ2) is 8.59. The maximum absolute atomic E-state index is 6.12. The largest absolute Gasteiger partial charge is 0.379 e. The van der Waals surface area contributed by atoms with Crippen LogP contribution in [-0.4, -0.2) is 61.8 Å². The Hall–Kier alpha value is -1.30. The molecule has 2 fully saturated rings. The summed E-state index contributed by atoms with van der Waals surface area (Å²) in [6.45, 7) is 11.8. The number of nitrogens with zero attached hydrogens (tertiary/aromatic N) is 2. The Bertz CT molecular complexity index is 628. The minimum absolute atomic E-state index is 0.0298. The summed E-state index contributed by atoms with van der Waals surface area (Å²) in [6, 6.07) is 8.60. The maximum Gasteiger partial charge on any atom is 0.191 e. The van der Waals surface area contributed by atoms with Crippen molar-refractivity contribution in [1.82, 2.24) is 15.5 Å². The number of ether oxygens (including phenoxy) is 1. The lowest BCUT2D eigenvalue weighted by Gasteiger charge is -2.39. The quantitative estimate of drug-likeness (QED) is 0.590. The molecule has 1 saturated carbocycles. The first-order valence-corrected chi connectivity index (χ1v) is 10.0. The molecule has 144 valence electrons. The molecule has 26 heavy (non-hydrogen) atoms. The number of hydrogen-bond donors (Lipinski definition) is 2. The third-order valence-electron chi connectivity index (χ3n) is 5.22. The lowest BCUT2D eigenvalue weighted by molar-refractivity contribution is -0.00683. The Balaban J connectivity index is 1.57. The normalized spacial score (nSPS) is 24.4. The molecule has 1 aromatic rings. The van der Waals surface area contributed by atoms with Gasteiger partial charge in [0.2, 0.25) is 0 Å². The van der Waals surface area contributed by atoms with Gasteiger partial charge in [0.05, 0.1) is 19.8 Å². The molecule has 3 rings (SSSR count). The lowest BCUT2D eigenvalue weighted by atomic mass is 10.0. The summed E-state index contributed by atoms with van der Waals surface area (Å²) in [5.41, 5.74) is 1.33. The fourth-order valence-corrected chi connectivity index (χ4v) is 3.70. The van der Waals surface area contributed by atoms with E-state index in [0.29, 0.717) is 12.0 Å². The molecule has 1 aliphatic carbocycles. The molecule has 5 nitrogen and oxygen atoms in total. The second-order valence-corrected chi connectivity index (χ2v) is 8.19. The van der Waals surface area contributed by atoms with Crippen LogP contribution < -0.4 is 10.6 Å². The fraction of sp³-hybridized carbons (Fsp3) is 0.650. The van der Waals surface area contributed by atoms with Gasteiger partial charge < -0.3 is 15.4 Å². The SMILES string of the molecule is CCNC(=NCC(C)(C)N1CCOCC1)NC1CC1c1cccc(Cl)c1. The van der Waals surface area contributed by atoms with E-state index < -0.39 is 0 Å². The highest BCUT2D eigenvalue weighted by Gasteiger charge is 2.39. The van der Waals surface area contributed by atoms with Crippen LogP contribution in [0, 0.1) is 0 Å². The van der Waals surface area contributed by atoms with Gasteiger partial charge in [0.1, 0.15) is 0 Å². The molecule has 1 aromatic carbocycles. The second-order valence-electron chi connectivity index (χ2n) is 7.76. The molecule has 1 saturated heterocycles. The summed E-state index contributed by atoms with van der Waals surface area (Å²) < 4.78 is 5.47. The maximum atomic E-state index is 6.12. The molecular formula is C20H31ClN4O. The molecule has 6 heteroatoms. The number of halogens is 1. The average molecular weight is 379 g/mol. The van der Waals surface area contributed by atoms with Gasteiger partial charge in [-0.25, -0.2) is 0 Å². The van der Waals surface area contributed by atoms with Crippen LogP contribution in [0.4, 0.5) is 0 Å². The minimum atomic E-state index is 0.0298. The topological polar surface area (TPSA) is 48.9 Å². The van der Waals surface area contributed by atoms with Crippen molar-refractivity contribution < 1.29 is 4.74 Å². The highest BCUT2D eigenvalue weighted by Crippen LogP contribution is 2.41. The van der Waals surface area contributed by atoms with E-state index in [1.807, 2.05) is 12.1 Å². The first-order chi connectivity index (χ1) is 12.5. The highest BCUT2D eigenvalue weighted by molar-refractivity contribution is 6.30. The van der Waals surface area contributed by atoms with Crippen LogP contribution in [0.2, 0.25) is 5.02 Å². The summed E-state index contributed by atoms with van der Waals surface area (Å²) in [6.07, 6.45) is 1.12. The average Bonchev–Trinajstić information content (AvgIpc) is 3.40. The van der Waals surface area contributed by atoms with Crippen molar-refractivity contribution in [2.24, 2.45) is 4.99 Å². The van der Waals surface area contributed by atoms with Crippen molar-refractivity contribution in [3.8, 4) is 0 Å². The smallest absolute Gasteiger partial charge is 0.191 e. The van der Waals surface area contributed by atoms with E-state index in [1.165, 1.54) is 5.56 Å². The zero-order chi connectivity index (χ0) is 18.6. The van der Waals surface area contributed by atoms with Crippen LogP contribution in [0.1, 0.15) is 38.7 Å². The van der Waals surface area contributed by atoms with Gasteiger partial charge in [-0.1, -0.05) is 23.7 Å². The number of nitrogens with one attached hydrogen (secondary N) is 2. The lowest BCUT2D eigenvalue weighted by Crippen LogP contribution is -2.52. The molecule has 1 heterocycles. The van der Waals surface area contributed by atoms with Crippen molar-refractivity contribution in [1.29, 1.82) is 0 Å². The van der Waals surface area contributed by atoms with Crippen LogP contribution in [0.25, 0.3) is 0 Å². The van der Waals surface area contributed by atoms with Crippen LogP contribution >= 0.6 is 11.6 Å². The molecule has 1 aliphatic heterocycles. The Kier molecular flexibility index (Phi) is 6.43. The molecule has 2 unspecified atom stereocenters. The fourth-order valence-electron chi connectivity index (χ4n) is 3.50. The standard InChI is InChI=1S/C20H31ClN4O/c1-4-22-19(23-14-20(2,3)25-8-10-26-11-9-25)24-18-13-17(18)15-6-5-7-16(21)12-15/h5-7,12,17-18H,4,8-11,13-14H2,1-3H3,(H2,22,23,24). The van der Waals surface area contributed by atoms with Gasteiger partial charge in [-0.3, -0.25) is 9.89 Å². The summed E-state index contributed by atoms with van der Waals surface area (Å²) in [5, 5.41) is 7.78. The third-order valence-corrected chi connectivity index (χ3v) is 5.46. The first kappa shape index (κ1) is 19.5. The van der Waals surface area contributed by atoms with E-state index in [4.69, 9.17) is 21.3 Å². The predicted octanol–water partition coefficient (Wildman–Crippen LogP) is 2.86. The minimum Gasteiger partial charge on any atom is -0.379 e. The van der Waals surface area contributed by atoms with Crippen molar-refractivity contribution in [3.05, 3.63) is 34.9 Å². The Morgan fingerprint density at radius 3 is 2.81 bits per heavy atom. The first-order valence-electron chi connectivity index (χ1n) is 9.62. The zero-order valence-corrected chi connectivity index (χ0v) is 16.9. The molecule has 2 N–H and O–H groups in total. The third kappa shape index (κ3) is 5.12. The Morgan fingerprint density at radius 2 is 2.12 bits per heavy atom. The van der Waals surface area contributed by atoms with Crippen molar-refractivity contribution >= 4 is 17.6 Å². The molecule has 2 aliphatic rings. The van der Waals surface area contributed by atoms with Crippen LogP contribution in [0.5, 0.6) is 0 Å². The zero-order valence-electron chi connectivity index (χ0n) is 16.1. The summed E-state index contributed by atoms with van der Waals surface area (Å²) >= 11 is 6.12. The molecule has 0 spiro atoms. The number of rotatable bonds is 6. The van der Waals surface area contributed by atoms with Crippen LogP contribution in [0.15, 0.2) is 29.3 Å². The number of morpholine rings is 1. The van der Waals surface area contributed by atoms with E-state index >= 15 is 0 Å². The van der Waals surface area contributed by atoms with Crippen LogP contribution in [0.3, 0.4) is 0 Å². The highest BCUT2D eigenvalue weighted by atomic mass is 35.5. The summed E-state index contributed by atoms with van der Waals surface area (Å²) in [4.78, 5) is 7.34. The van der Waals surface area contributed by atoms with Crippen LogP contribution in [-0.2, 0) is 4.74 Å².